The number of ether oxygens (including phenoxy) is 1. The number of anilines is 2. The first-order valence-electron chi connectivity index (χ1n) is 6.92. The van der Waals surface area contributed by atoms with Crippen LogP contribution >= 0.6 is 11.8 Å². The van der Waals surface area contributed by atoms with Crippen molar-refractivity contribution in [1.29, 1.82) is 0 Å². The van der Waals surface area contributed by atoms with Crippen molar-refractivity contribution in [2.45, 2.75) is 34.6 Å². The molecule has 0 fully saturated rings. The first-order valence-corrected chi connectivity index (χ1v) is 9.63. The largest absolute Gasteiger partial charge is 0.491 e. The lowest BCUT2D eigenvalue weighted by Crippen LogP contribution is -2.07. The smallest absolute Gasteiger partial charge is 0.175 e. The maximum atomic E-state index is 11.7. The van der Waals surface area contributed by atoms with Crippen LogP contribution in [0.3, 0.4) is 0 Å². The Kier molecular flexibility index (Phi) is 3.82. The van der Waals surface area contributed by atoms with E-state index < -0.39 is 9.84 Å². The minimum absolute atomic E-state index is 0.129. The van der Waals surface area contributed by atoms with Gasteiger partial charge in [-0.15, -0.1) is 0 Å². The minimum atomic E-state index is -3.20. The Hall–Kier alpha value is -1.66. The summed E-state index contributed by atoms with van der Waals surface area (Å²) in [6.45, 7) is 3.99. The average Bonchev–Trinajstić information content (AvgIpc) is 2.42. The molecule has 0 amide bonds. The van der Waals surface area contributed by atoms with E-state index in [0.717, 1.165) is 26.9 Å². The van der Waals surface area contributed by atoms with Gasteiger partial charge >= 0.3 is 0 Å². The highest BCUT2D eigenvalue weighted by Crippen LogP contribution is 2.46. The lowest BCUT2D eigenvalue weighted by atomic mass is 10.2. The molecule has 3 rings (SSSR count). The molecule has 0 unspecified atom stereocenters. The predicted octanol–water partition coefficient (Wildman–Crippen LogP) is 4.09. The highest BCUT2D eigenvalue weighted by molar-refractivity contribution is 7.99. The number of hydrogen-bond acceptors (Lipinski definition) is 5. The van der Waals surface area contributed by atoms with Gasteiger partial charge in [0.2, 0.25) is 0 Å². The molecule has 0 radical (unpaired) electrons. The van der Waals surface area contributed by atoms with Crippen LogP contribution in [-0.2, 0) is 9.84 Å². The molecule has 116 valence electrons. The monoisotopic (exact) mass is 335 g/mol. The van der Waals surface area contributed by atoms with Crippen LogP contribution in [0.15, 0.2) is 51.1 Å². The van der Waals surface area contributed by atoms with E-state index in [-0.39, 0.29) is 6.10 Å². The molecular formula is C16H17NO3S2. The summed E-state index contributed by atoms with van der Waals surface area (Å²) in [5.74, 6) is 0.833. The van der Waals surface area contributed by atoms with E-state index in [0.29, 0.717) is 4.90 Å². The molecule has 1 aliphatic heterocycles. The van der Waals surface area contributed by atoms with Crippen LogP contribution in [0.5, 0.6) is 5.75 Å². The predicted molar refractivity (Wildman–Crippen MR) is 89.2 cm³/mol. The molecule has 2 aromatic rings. The zero-order valence-electron chi connectivity index (χ0n) is 12.6. The number of benzene rings is 2. The third-order valence-corrected chi connectivity index (χ3v) is 5.44. The second-order valence-electron chi connectivity index (χ2n) is 5.48. The fourth-order valence-electron chi connectivity index (χ4n) is 2.23. The van der Waals surface area contributed by atoms with Crippen LogP contribution < -0.4 is 10.1 Å². The van der Waals surface area contributed by atoms with Crippen LogP contribution in [-0.4, -0.2) is 20.8 Å². The maximum Gasteiger partial charge on any atom is 0.175 e. The van der Waals surface area contributed by atoms with E-state index in [4.69, 9.17) is 4.74 Å². The zero-order valence-corrected chi connectivity index (χ0v) is 14.2. The first kappa shape index (κ1) is 15.2. The van der Waals surface area contributed by atoms with Crippen molar-refractivity contribution < 1.29 is 13.2 Å². The third kappa shape index (κ3) is 3.08. The Balaban J connectivity index is 1.95. The van der Waals surface area contributed by atoms with E-state index >= 15 is 0 Å². The Morgan fingerprint density at radius 1 is 1.05 bits per heavy atom. The highest BCUT2D eigenvalue weighted by atomic mass is 32.2. The summed E-state index contributed by atoms with van der Waals surface area (Å²) in [4.78, 5) is 2.39. The minimum Gasteiger partial charge on any atom is -0.491 e. The zero-order chi connectivity index (χ0) is 15.9. The van der Waals surface area contributed by atoms with Crippen molar-refractivity contribution in [2.24, 2.45) is 0 Å². The van der Waals surface area contributed by atoms with Gasteiger partial charge in [0.15, 0.2) is 9.84 Å². The van der Waals surface area contributed by atoms with Crippen molar-refractivity contribution in [2.75, 3.05) is 11.6 Å². The Bertz CT molecular complexity index is 829. The van der Waals surface area contributed by atoms with Gasteiger partial charge in [-0.05, 0) is 50.2 Å². The van der Waals surface area contributed by atoms with Crippen molar-refractivity contribution in [3.63, 3.8) is 0 Å². The highest BCUT2D eigenvalue weighted by Gasteiger charge is 2.19. The molecule has 0 aliphatic carbocycles. The van der Waals surface area contributed by atoms with Crippen molar-refractivity contribution in [3.05, 3.63) is 36.4 Å². The summed E-state index contributed by atoms with van der Waals surface area (Å²) in [6.07, 6.45) is 1.35. The summed E-state index contributed by atoms with van der Waals surface area (Å²) < 4.78 is 29.0. The van der Waals surface area contributed by atoms with Crippen LogP contribution in [0.4, 0.5) is 11.4 Å². The van der Waals surface area contributed by atoms with Crippen LogP contribution in [0, 0.1) is 0 Å². The molecule has 4 nitrogen and oxygen atoms in total. The number of sulfone groups is 1. The lowest BCUT2D eigenvalue weighted by molar-refractivity contribution is 0.242. The fraction of sp³-hybridized carbons (Fsp3) is 0.250. The molecule has 0 atom stereocenters. The molecule has 0 saturated carbocycles. The van der Waals surface area contributed by atoms with Gasteiger partial charge in [-0.1, -0.05) is 11.8 Å². The molecule has 1 N–H and O–H groups in total. The summed E-state index contributed by atoms with van der Waals surface area (Å²) in [7, 11) is -3.20. The Labute approximate surface area is 134 Å². The molecule has 2 aromatic carbocycles. The topological polar surface area (TPSA) is 55.4 Å². The summed E-state index contributed by atoms with van der Waals surface area (Å²) in [5.41, 5.74) is 1.78. The number of rotatable bonds is 3. The van der Waals surface area contributed by atoms with E-state index in [1.54, 1.807) is 23.9 Å². The molecular weight excluding hydrogens is 318 g/mol. The van der Waals surface area contributed by atoms with Gasteiger partial charge in [-0.2, -0.15) is 0 Å². The maximum absolute atomic E-state index is 11.7. The number of fused-ring (bicyclic) bond motifs is 2. The quantitative estimate of drug-likeness (QED) is 0.781. The average molecular weight is 335 g/mol. The molecule has 6 heteroatoms. The molecule has 0 aromatic heterocycles. The second kappa shape index (κ2) is 5.52. The Morgan fingerprint density at radius 3 is 2.50 bits per heavy atom. The molecule has 0 saturated heterocycles. The van der Waals surface area contributed by atoms with Gasteiger partial charge < -0.3 is 10.1 Å². The SMILES string of the molecule is CC(C)Oc1ccc2c(c1)Sc1ccc(S(C)(=O)=O)cc1N2. The van der Waals surface area contributed by atoms with Crippen molar-refractivity contribution >= 4 is 33.0 Å². The summed E-state index contributed by atoms with van der Waals surface area (Å²) in [5, 5.41) is 3.29. The van der Waals surface area contributed by atoms with Crippen LogP contribution in [0.1, 0.15) is 13.8 Å². The molecule has 0 bridgehead atoms. The normalized spacial score (nSPS) is 13.3. The van der Waals surface area contributed by atoms with Crippen LogP contribution in [0.25, 0.3) is 0 Å². The second-order valence-corrected chi connectivity index (χ2v) is 8.58. The summed E-state index contributed by atoms with van der Waals surface area (Å²) >= 11 is 1.61. The molecule has 1 aliphatic rings. The van der Waals surface area contributed by atoms with E-state index in [2.05, 4.69) is 5.32 Å². The third-order valence-electron chi connectivity index (χ3n) is 3.19. The van der Waals surface area contributed by atoms with Gasteiger partial charge in [0.25, 0.3) is 0 Å². The molecule has 1 heterocycles. The summed E-state index contributed by atoms with van der Waals surface area (Å²) in [6, 6.07) is 11.0. The van der Waals surface area contributed by atoms with Gasteiger partial charge in [-0.25, -0.2) is 8.42 Å². The lowest BCUT2D eigenvalue weighted by Gasteiger charge is -2.22. The molecule has 22 heavy (non-hydrogen) atoms. The van der Waals surface area contributed by atoms with Crippen molar-refractivity contribution in [3.8, 4) is 5.75 Å². The molecule has 0 spiro atoms. The van der Waals surface area contributed by atoms with Gasteiger partial charge in [0, 0.05) is 16.0 Å². The van der Waals surface area contributed by atoms with Gasteiger partial charge in [0.05, 0.1) is 22.4 Å². The number of hydrogen-bond donors (Lipinski definition) is 1. The van der Waals surface area contributed by atoms with E-state index in [1.807, 2.05) is 38.1 Å². The standard InChI is InChI=1S/C16H17NO3S2/c1-10(2)20-11-4-6-13-16(8-11)21-15-7-5-12(22(3,18)19)9-14(15)17-13/h4-10,17H,1-3H3. The fourth-order valence-corrected chi connectivity index (χ4v) is 3.87. The van der Waals surface area contributed by atoms with Gasteiger partial charge in [-0.3, -0.25) is 0 Å². The first-order chi connectivity index (χ1) is 10.3. The Morgan fingerprint density at radius 2 is 1.82 bits per heavy atom. The van der Waals surface area contributed by atoms with E-state index in [9.17, 15) is 8.42 Å². The van der Waals surface area contributed by atoms with Gasteiger partial charge in [0.1, 0.15) is 5.75 Å². The van der Waals surface area contributed by atoms with Crippen LogP contribution in [0.2, 0.25) is 0 Å². The van der Waals surface area contributed by atoms with Crippen molar-refractivity contribution in [1.82, 2.24) is 0 Å². The number of nitrogens with one attached hydrogen (secondary N) is 1. The van der Waals surface area contributed by atoms with E-state index in [1.165, 1.54) is 6.26 Å².